The third-order valence-electron chi connectivity index (χ3n) is 6.14. The lowest BCUT2D eigenvalue weighted by Gasteiger charge is -2.30. The number of nitrogens with zero attached hydrogens (tertiary/aromatic N) is 1. The van der Waals surface area contributed by atoms with Crippen LogP contribution in [0.4, 0.5) is 11.4 Å². The van der Waals surface area contributed by atoms with Gasteiger partial charge in [-0.1, -0.05) is 25.5 Å². The van der Waals surface area contributed by atoms with Gasteiger partial charge in [-0.05, 0) is 80.8 Å². The Morgan fingerprint density at radius 1 is 0.968 bits per heavy atom. The molecule has 0 unspecified atom stereocenters. The predicted molar refractivity (Wildman–Crippen MR) is 126 cm³/mol. The Kier molecular flexibility index (Phi) is 6.90. The van der Waals surface area contributed by atoms with E-state index in [1.165, 1.54) is 12.0 Å². The average molecular weight is 420 g/mol. The molecule has 1 heterocycles. The Morgan fingerprint density at radius 2 is 1.71 bits per heavy atom. The molecule has 1 aliphatic heterocycles. The van der Waals surface area contributed by atoms with Gasteiger partial charge >= 0.3 is 0 Å². The van der Waals surface area contributed by atoms with E-state index in [1.54, 1.807) is 0 Å². The van der Waals surface area contributed by atoms with Gasteiger partial charge in [0.05, 0.1) is 5.56 Å². The molecule has 1 aliphatic carbocycles. The van der Waals surface area contributed by atoms with Gasteiger partial charge < -0.3 is 15.5 Å². The molecule has 5 heteroatoms. The SMILES string of the molecule is CCCCc1ccc(C(=O)Nc2ccc(N3CCCCC3)c(C(=O)NC3CC3)c2)cc1. The van der Waals surface area contributed by atoms with Crippen molar-refractivity contribution in [2.45, 2.75) is 64.3 Å². The number of rotatable bonds is 8. The summed E-state index contributed by atoms with van der Waals surface area (Å²) in [6.07, 6.45) is 8.99. The molecule has 2 amide bonds. The van der Waals surface area contributed by atoms with E-state index in [0.717, 1.165) is 63.7 Å². The highest BCUT2D eigenvalue weighted by Crippen LogP contribution is 2.29. The van der Waals surface area contributed by atoms with E-state index >= 15 is 0 Å². The number of carbonyl (C=O) groups excluding carboxylic acids is 2. The minimum Gasteiger partial charge on any atom is -0.371 e. The number of amides is 2. The van der Waals surface area contributed by atoms with Crippen molar-refractivity contribution in [2.75, 3.05) is 23.3 Å². The molecule has 4 rings (SSSR count). The number of benzene rings is 2. The average Bonchev–Trinajstić information content (AvgIpc) is 3.62. The molecule has 0 aromatic heterocycles. The van der Waals surface area contributed by atoms with Gasteiger partial charge in [0.1, 0.15) is 0 Å². The van der Waals surface area contributed by atoms with Crippen LogP contribution in [0.5, 0.6) is 0 Å². The molecule has 2 aromatic carbocycles. The van der Waals surface area contributed by atoms with Crippen molar-refractivity contribution in [2.24, 2.45) is 0 Å². The maximum atomic E-state index is 12.9. The van der Waals surface area contributed by atoms with Gasteiger partial charge in [0, 0.05) is 36.1 Å². The minimum atomic E-state index is -0.152. The number of hydrogen-bond donors (Lipinski definition) is 2. The van der Waals surface area contributed by atoms with Crippen molar-refractivity contribution >= 4 is 23.2 Å². The zero-order valence-corrected chi connectivity index (χ0v) is 18.5. The third kappa shape index (κ3) is 5.66. The van der Waals surface area contributed by atoms with E-state index < -0.39 is 0 Å². The predicted octanol–water partition coefficient (Wildman–Crippen LogP) is 5.16. The van der Waals surface area contributed by atoms with E-state index in [2.05, 4.69) is 22.5 Å². The summed E-state index contributed by atoms with van der Waals surface area (Å²) >= 11 is 0. The molecular formula is C26H33N3O2. The van der Waals surface area contributed by atoms with E-state index in [0.29, 0.717) is 22.9 Å². The van der Waals surface area contributed by atoms with Crippen molar-refractivity contribution in [1.29, 1.82) is 0 Å². The Bertz CT molecular complexity index is 913. The highest BCUT2D eigenvalue weighted by Gasteiger charge is 2.26. The fourth-order valence-electron chi connectivity index (χ4n) is 4.10. The normalized spacial score (nSPS) is 16.1. The summed E-state index contributed by atoms with van der Waals surface area (Å²) in [5.74, 6) is -0.194. The molecule has 2 aliphatic rings. The van der Waals surface area contributed by atoms with Gasteiger partial charge in [-0.15, -0.1) is 0 Å². The number of anilines is 2. The van der Waals surface area contributed by atoms with Crippen molar-refractivity contribution in [3.8, 4) is 0 Å². The smallest absolute Gasteiger partial charge is 0.255 e. The van der Waals surface area contributed by atoms with Crippen molar-refractivity contribution in [3.05, 3.63) is 59.2 Å². The lowest BCUT2D eigenvalue weighted by Crippen LogP contribution is -2.33. The molecule has 2 fully saturated rings. The van der Waals surface area contributed by atoms with Crippen molar-refractivity contribution in [3.63, 3.8) is 0 Å². The van der Waals surface area contributed by atoms with Gasteiger partial charge in [0.15, 0.2) is 0 Å². The Labute approximate surface area is 185 Å². The standard InChI is InChI=1S/C26H33N3O2/c1-2-3-7-19-8-10-20(11-9-19)25(30)28-22-14-15-24(29-16-5-4-6-17-29)23(18-22)26(31)27-21-12-13-21/h8-11,14-15,18,21H,2-7,12-13,16-17H2,1H3,(H,27,31)(H,28,30). The van der Waals surface area contributed by atoms with E-state index in [-0.39, 0.29) is 11.8 Å². The first-order valence-electron chi connectivity index (χ1n) is 11.7. The first-order chi connectivity index (χ1) is 15.1. The Hall–Kier alpha value is -2.82. The molecule has 5 nitrogen and oxygen atoms in total. The fourth-order valence-corrected chi connectivity index (χ4v) is 4.10. The molecule has 0 spiro atoms. The van der Waals surface area contributed by atoms with Crippen LogP contribution in [0.3, 0.4) is 0 Å². The topological polar surface area (TPSA) is 61.4 Å². The third-order valence-corrected chi connectivity index (χ3v) is 6.14. The maximum Gasteiger partial charge on any atom is 0.255 e. The van der Waals surface area contributed by atoms with Crippen LogP contribution >= 0.6 is 0 Å². The second-order valence-electron chi connectivity index (χ2n) is 8.78. The molecule has 2 N–H and O–H groups in total. The van der Waals surface area contributed by atoms with Crippen molar-refractivity contribution in [1.82, 2.24) is 5.32 Å². The molecule has 0 atom stereocenters. The summed E-state index contributed by atoms with van der Waals surface area (Å²) < 4.78 is 0. The summed E-state index contributed by atoms with van der Waals surface area (Å²) in [7, 11) is 0. The summed E-state index contributed by atoms with van der Waals surface area (Å²) in [6, 6.07) is 13.8. The van der Waals surface area contributed by atoms with Gasteiger partial charge in [0.2, 0.25) is 0 Å². The lowest BCUT2D eigenvalue weighted by molar-refractivity contribution is 0.0950. The van der Waals surface area contributed by atoms with Gasteiger partial charge in [0.25, 0.3) is 11.8 Å². The van der Waals surface area contributed by atoms with Crippen LogP contribution in [0.25, 0.3) is 0 Å². The molecule has 31 heavy (non-hydrogen) atoms. The second-order valence-corrected chi connectivity index (χ2v) is 8.78. The summed E-state index contributed by atoms with van der Waals surface area (Å²) in [5, 5.41) is 6.08. The van der Waals surface area contributed by atoms with Crippen LogP contribution in [0, 0.1) is 0 Å². The number of unbranched alkanes of at least 4 members (excludes halogenated alkanes) is 1. The van der Waals surface area contributed by atoms with E-state index in [1.807, 2.05) is 42.5 Å². The first-order valence-corrected chi connectivity index (χ1v) is 11.7. The molecule has 0 radical (unpaired) electrons. The number of nitrogens with one attached hydrogen (secondary N) is 2. The zero-order chi connectivity index (χ0) is 21.6. The van der Waals surface area contributed by atoms with Crippen LogP contribution in [-0.4, -0.2) is 30.9 Å². The van der Waals surface area contributed by atoms with Crippen LogP contribution in [0.2, 0.25) is 0 Å². The molecule has 164 valence electrons. The number of piperidine rings is 1. The van der Waals surface area contributed by atoms with E-state index in [4.69, 9.17) is 0 Å². The first kappa shape index (κ1) is 21.4. The number of aryl methyl sites for hydroxylation is 1. The zero-order valence-electron chi connectivity index (χ0n) is 18.5. The number of carbonyl (C=O) groups is 2. The Balaban J connectivity index is 1.50. The number of hydrogen-bond acceptors (Lipinski definition) is 3. The lowest BCUT2D eigenvalue weighted by atomic mass is 10.0. The largest absolute Gasteiger partial charge is 0.371 e. The highest BCUT2D eigenvalue weighted by molar-refractivity contribution is 6.06. The maximum absolute atomic E-state index is 12.9. The van der Waals surface area contributed by atoms with Crippen LogP contribution in [-0.2, 0) is 6.42 Å². The molecular weight excluding hydrogens is 386 g/mol. The van der Waals surface area contributed by atoms with Crippen LogP contribution in [0.15, 0.2) is 42.5 Å². The molecule has 0 bridgehead atoms. The van der Waals surface area contributed by atoms with E-state index in [9.17, 15) is 9.59 Å². The summed E-state index contributed by atoms with van der Waals surface area (Å²) in [4.78, 5) is 28.0. The summed E-state index contributed by atoms with van der Waals surface area (Å²) in [5.41, 5.74) is 4.16. The van der Waals surface area contributed by atoms with Crippen LogP contribution < -0.4 is 15.5 Å². The molecule has 1 saturated carbocycles. The Morgan fingerprint density at radius 3 is 2.39 bits per heavy atom. The highest BCUT2D eigenvalue weighted by atomic mass is 16.2. The quantitative estimate of drug-likeness (QED) is 0.621. The van der Waals surface area contributed by atoms with Gasteiger partial charge in [-0.3, -0.25) is 9.59 Å². The second kappa shape index (κ2) is 9.99. The molecule has 1 saturated heterocycles. The van der Waals surface area contributed by atoms with Gasteiger partial charge in [-0.25, -0.2) is 0 Å². The van der Waals surface area contributed by atoms with Crippen molar-refractivity contribution < 1.29 is 9.59 Å². The summed E-state index contributed by atoms with van der Waals surface area (Å²) in [6.45, 7) is 4.12. The monoisotopic (exact) mass is 419 g/mol. The minimum absolute atomic E-state index is 0.0422. The van der Waals surface area contributed by atoms with Crippen LogP contribution in [0.1, 0.15) is 78.1 Å². The fraction of sp³-hybridized carbons (Fsp3) is 0.462. The van der Waals surface area contributed by atoms with Gasteiger partial charge in [-0.2, -0.15) is 0 Å². The molecule has 2 aromatic rings.